The minimum absolute atomic E-state index is 0.101. The fourth-order valence-corrected chi connectivity index (χ4v) is 2.33. The average molecular weight is 207 g/mol. The Morgan fingerprint density at radius 2 is 2.13 bits per heavy atom. The third-order valence-corrected chi connectivity index (χ3v) is 3.37. The lowest BCUT2D eigenvalue weighted by atomic mass is 10.1. The Kier molecular flexibility index (Phi) is 3.37. The van der Waals surface area contributed by atoms with Crippen molar-refractivity contribution in [1.82, 2.24) is 5.32 Å². The van der Waals surface area contributed by atoms with E-state index >= 15 is 0 Å². The molecule has 2 heteroatoms. The standard InChI is InChI=1S/C13H18FN/c1-10-5-4-8-13(10)15-9-11-6-2-3-7-12(11)14/h2-3,6-7,10,13,15H,4-5,8-9H2,1H3/t10-,13+/m1/s1. The Labute approximate surface area is 90.7 Å². The molecule has 1 saturated carbocycles. The molecule has 0 bridgehead atoms. The van der Waals surface area contributed by atoms with Crippen LogP contribution in [0.2, 0.25) is 0 Å². The van der Waals surface area contributed by atoms with E-state index in [0.717, 1.165) is 11.5 Å². The van der Waals surface area contributed by atoms with Crippen molar-refractivity contribution < 1.29 is 4.39 Å². The first-order chi connectivity index (χ1) is 7.27. The third kappa shape index (κ3) is 2.57. The summed E-state index contributed by atoms with van der Waals surface area (Å²) in [6, 6.07) is 7.57. The van der Waals surface area contributed by atoms with Crippen LogP contribution in [0.15, 0.2) is 24.3 Å². The van der Waals surface area contributed by atoms with E-state index in [1.165, 1.54) is 25.3 Å². The second-order valence-corrected chi connectivity index (χ2v) is 4.49. The van der Waals surface area contributed by atoms with Crippen LogP contribution >= 0.6 is 0 Å². The summed E-state index contributed by atoms with van der Waals surface area (Å²) in [7, 11) is 0. The van der Waals surface area contributed by atoms with Crippen LogP contribution in [-0.2, 0) is 6.54 Å². The number of nitrogens with one attached hydrogen (secondary N) is 1. The lowest BCUT2D eigenvalue weighted by Gasteiger charge is -2.17. The monoisotopic (exact) mass is 207 g/mol. The van der Waals surface area contributed by atoms with Gasteiger partial charge in [-0.05, 0) is 24.8 Å². The zero-order valence-electron chi connectivity index (χ0n) is 9.17. The van der Waals surface area contributed by atoms with Crippen LogP contribution in [0, 0.1) is 11.7 Å². The molecular weight excluding hydrogens is 189 g/mol. The molecule has 2 rings (SSSR count). The van der Waals surface area contributed by atoms with E-state index in [1.807, 2.05) is 12.1 Å². The summed E-state index contributed by atoms with van der Waals surface area (Å²) in [5.41, 5.74) is 0.775. The molecule has 0 spiro atoms. The normalized spacial score (nSPS) is 25.7. The molecule has 0 aromatic heterocycles. The van der Waals surface area contributed by atoms with Crippen LogP contribution in [0.3, 0.4) is 0 Å². The first-order valence-corrected chi connectivity index (χ1v) is 5.74. The molecule has 0 radical (unpaired) electrons. The molecule has 0 amide bonds. The average Bonchev–Trinajstić information content (AvgIpc) is 2.63. The van der Waals surface area contributed by atoms with Gasteiger partial charge in [0.25, 0.3) is 0 Å². The highest BCUT2D eigenvalue weighted by Crippen LogP contribution is 2.25. The van der Waals surface area contributed by atoms with Gasteiger partial charge in [-0.1, -0.05) is 31.5 Å². The Morgan fingerprint density at radius 3 is 2.80 bits per heavy atom. The summed E-state index contributed by atoms with van der Waals surface area (Å²) in [6.45, 7) is 2.92. The molecule has 0 heterocycles. The summed E-state index contributed by atoms with van der Waals surface area (Å²) in [4.78, 5) is 0. The van der Waals surface area contributed by atoms with Gasteiger partial charge < -0.3 is 5.32 Å². The summed E-state index contributed by atoms with van der Waals surface area (Å²) in [5.74, 6) is 0.632. The van der Waals surface area contributed by atoms with Gasteiger partial charge in [0.05, 0.1) is 0 Å². The van der Waals surface area contributed by atoms with Crippen LogP contribution in [0.4, 0.5) is 4.39 Å². The van der Waals surface area contributed by atoms with Gasteiger partial charge in [-0.15, -0.1) is 0 Å². The maximum Gasteiger partial charge on any atom is 0.127 e. The topological polar surface area (TPSA) is 12.0 Å². The van der Waals surface area contributed by atoms with E-state index in [2.05, 4.69) is 12.2 Å². The molecule has 0 saturated heterocycles. The second-order valence-electron chi connectivity index (χ2n) is 4.49. The lowest BCUT2D eigenvalue weighted by molar-refractivity contribution is 0.421. The molecule has 1 nitrogen and oxygen atoms in total. The first kappa shape index (κ1) is 10.6. The van der Waals surface area contributed by atoms with E-state index in [4.69, 9.17) is 0 Å². The number of rotatable bonds is 3. The van der Waals surface area contributed by atoms with Crippen molar-refractivity contribution in [2.24, 2.45) is 5.92 Å². The minimum Gasteiger partial charge on any atom is -0.310 e. The van der Waals surface area contributed by atoms with E-state index in [0.29, 0.717) is 12.6 Å². The zero-order valence-corrected chi connectivity index (χ0v) is 9.17. The predicted octanol–water partition coefficient (Wildman–Crippen LogP) is 3.10. The van der Waals surface area contributed by atoms with Gasteiger partial charge in [-0.2, -0.15) is 0 Å². The molecule has 1 aromatic rings. The molecule has 1 aliphatic rings. The van der Waals surface area contributed by atoms with Crippen LogP contribution in [-0.4, -0.2) is 6.04 Å². The quantitative estimate of drug-likeness (QED) is 0.803. The maximum absolute atomic E-state index is 13.3. The second kappa shape index (κ2) is 4.75. The zero-order chi connectivity index (χ0) is 10.7. The Bertz CT molecular complexity index is 324. The maximum atomic E-state index is 13.3. The van der Waals surface area contributed by atoms with Crippen molar-refractivity contribution in [3.8, 4) is 0 Å². The third-order valence-electron chi connectivity index (χ3n) is 3.37. The van der Waals surface area contributed by atoms with Crippen molar-refractivity contribution in [1.29, 1.82) is 0 Å². The molecule has 1 aliphatic carbocycles. The van der Waals surface area contributed by atoms with Gasteiger partial charge in [-0.3, -0.25) is 0 Å². The first-order valence-electron chi connectivity index (χ1n) is 5.74. The molecule has 82 valence electrons. The summed E-state index contributed by atoms with van der Waals surface area (Å²) in [5, 5.41) is 3.45. The molecule has 0 aliphatic heterocycles. The molecule has 0 unspecified atom stereocenters. The minimum atomic E-state index is -0.101. The summed E-state index contributed by atoms with van der Waals surface area (Å²) in [6.07, 6.45) is 3.83. The molecule has 1 N–H and O–H groups in total. The van der Waals surface area contributed by atoms with Crippen molar-refractivity contribution >= 4 is 0 Å². The molecule has 2 atom stereocenters. The highest BCUT2D eigenvalue weighted by Gasteiger charge is 2.22. The summed E-state index contributed by atoms with van der Waals surface area (Å²) >= 11 is 0. The van der Waals surface area contributed by atoms with Crippen molar-refractivity contribution in [3.63, 3.8) is 0 Å². The Morgan fingerprint density at radius 1 is 1.33 bits per heavy atom. The Balaban J connectivity index is 1.90. The fraction of sp³-hybridized carbons (Fsp3) is 0.538. The van der Waals surface area contributed by atoms with Gasteiger partial charge >= 0.3 is 0 Å². The highest BCUT2D eigenvalue weighted by molar-refractivity contribution is 5.17. The van der Waals surface area contributed by atoms with Gasteiger partial charge in [-0.25, -0.2) is 4.39 Å². The van der Waals surface area contributed by atoms with Crippen molar-refractivity contribution in [2.75, 3.05) is 0 Å². The van der Waals surface area contributed by atoms with E-state index in [-0.39, 0.29) is 5.82 Å². The van der Waals surface area contributed by atoms with Gasteiger partial charge in [0.2, 0.25) is 0 Å². The van der Waals surface area contributed by atoms with Gasteiger partial charge in [0.1, 0.15) is 5.82 Å². The number of hydrogen-bond donors (Lipinski definition) is 1. The summed E-state index contributed by atoms with van der Waals surface area (Å²) < 4.78 is 13.3. The number of hydrogen-bond acceptors (Lipinski definition) is 1. The molecule has 1 fully saturated rings. The number of benzene rings is 1. The smallest absolute Gasteiger partial charge is 0.127 e. The SMILES string of the molecule is C[C@@H]1CCC[C@@H]1NCc1ccccc1F. The predicted molar refractivity (Wildman–Crippen MR) is 60.0 cm³/mol. The van der Waals surface area contributed by atoms with Gasteiger partial charge in [0.15, 0.2) is 0 Å². The fourth-order valence-electron chi connectivity index (χ4n) is 2.33. The molecular formula is C13H18FN. The Hall–Kier alpha value is -0.890. The van der Waals surface area contributed by atoms with Gasteiger partial charge in [0, 0.05) is 18.2 Å². The number of halogens is 1. The van der Waals surface area contributed by atoms with Crippen molar-refractivity contribution in [3.05, 3.63) is 35.6 Å². The lowest BCUT2D eigenvalue weighted by Crippen LogP contribution is -2.30. The highest BCUT2D eigenvalue weighted by atomic mass is 19.1. The largest absolute Gasteiger partial charge is 0.310 e. The van der Waals surface area contributed by atoms with E-state index in [1.54, 1.807) is 6.07 Å². The van der Waals surface area contributed by atoms with Crippen LogP contribution < -0.4 is 5.32 Å². The molecule has 1 aromatic carbocycles. The van der Waals surface area contributed by atoms with Crippen molar-refractivity contribution in [2.45, 2.75) is 38.8 Å². The van der Waals surface area contributed by atoms with E-state index in [9.17, 15) is 4.39 Å². The van der Waals surface area contributed by atoms with E-state index < -0.39 is 0 Å². The van der Waals surface area contributed by atoms with Crippen LogP contribution in [0.5, 0.6) is 0 Å². The van der Waals surface area contributed by atoms with Crippen LogP contribution in [0.25, 0.3) is 0 Å². The van der Waals surface area contributed by atoms with Crippen LogP contribution in [0.1, 0.15) is 31.7 Å². The molecule has 15 heavy (non-hydrogen) atoms.